The van der Waals surface area contributed by atoms with Gasteiger partial charge in [-0.05, 0) is 18.4 Å². The minimum Gasteiger partial charge on any atom is -0.382 e. The Morgan fingerprint density at radius 1 is 1.20 bits per heavy atom. The van der Waals surface area contributed by atoms with Gasteiger partial charge in [-0.1, -0.05) is 35.5 Å². The van der Waals surface area contributed by atoms with Gasteiger partial charge >= 0.3 is 0 Å². The number of aromatic amines is 1. The number of aromatic nitrogens is 4. The van der Waals surface area contributed by atoms with E-state index in [2.05, 4.69) is 32.5 Å². The number of nitrogens with two attached hydrogens (primary N) is 1. The third-order valence-electron chi connectivity index (χ3n) is 3.76. The Bertz CT molecular complexity index is 742. The average Bonchev–Trinajstić information content (AvgIpc) is 2.93. The monoisotopic (exact) mass is 267 g/mol. The lowest BCUT2D eigenvalue weighted by Gasteiger charge is -2.09. The Labute approximate surface area is 115 Å². The molecule has 0 spiro atoms. The minimum atomic E-state index is -0.0887. The first kappa shape index (κ1) is 11.2. The van der Waals surface area contributed by atoms with Gasteiger partial charge in [-0.2, -0.15) is 10.1 Å². The van der Waals surface area contributed by atoms with Crippen LogP contribution in [0.15, 0.2) is 40.9 Å². The second kappa shape index (κ2) is 3.93. The molecule has 0 bridgehead atoms. The van der Waals surface area contributed by atoms with E-state index in [9.17, 15) is 0 Å². The van der Waals surface area contributed by atoms with E-state index in [1.54, 1.807) is 6.07 Å². The van der Waals surface area contributed by atoms with Crippen molar-refractivity contribution in [2.45, 2.75) is 18.3 Å². The summed E-state index contributed by atoms with van der Waals surface area (Å²) in [5.41, 5.74) is 7.37. The predicted octanol–water partition coefficient (Wildman–Crippen LogP) is 2.12. The highest BCUT2D eigenvalue weighted by atomic mass is 16.5. The normalized spacial score (nSPS) is 16.2. The van der Waals surface area contributed by atoms with Crippen molar-refractivity contribution < 1.29 is 4.52 Å². The van der Waals surface area contributed by atoms with Gasteiger partial charge < -0.3 is 10.3 Å². The minimum absolute atomic E-state index is 0.0887. The SMILES string of the molecule is Nc1cc(-c2nc(C3(c4ccccc4)CC3)no2)[nH]n1. The molecule has 6 heteroatoms. The molecule has 1 aromatic carbocycles. The number of H-pyrrole nitrogens is 1. The summed E-state index contributed by atoms with van der Waals surface area (Å²) in [7, 11) is 0. The molecule has 0 atom stereocenters. The molecule has 1 aliphatic rings. The van der Waals surface area contributed by atoms with E-state index in [-0.39, 0.29) is 5.41 Å². The highest BCUT2D eigenvalue weighted by molar-refractivity contribution is 5.52. The Morgan fingerprint density at radius 2 is 2.00 bits per heavy atom. The fourth-order valence-corrected chi connectivity index (χ4v) is 2.50. The van der Waals surface area contributed by atoms with Crippen molar-refractivity contribution in [2.24, 2.45) is 0 Å². The molecule has 1 aliphatic carbocycles. The summed E-state index contributed by atoms with van der Waals surface area (Å²) in [4.78, 5) is 4.50. The number of nitrogens with zero attached hydrogens (tertiary/aromatic N) is 3. The van der Waals surface area contributed by atoms with Gasteiger partial charge in [0.05, 0.1) is 5.41 Å². The summed E-state index contributed by atoms with van der Waals surface area (Å²) < 4.78 is 5.32. The molecule has 1 saturated carbocycles. The number of nitrogen functional groups attached to an aromatic ring is 1. The van der Waals surface area contributed by atoms with Crippen LogP contribution in [0.1, 0.15) is 24.2 Å². The third kappa shape index (κ3) is 1.61. The molecule has 0 unspecified atom stereocenters. The van der Waals surface area contributed by atoms with Crippen LogP contribution in [0.3, 0.4) is 0 Å². The molecule has 4 rings (SSSR count). The van der Waals surface area contributed by atoms with E-state index < -0.39 is 0 Å². The zero-order chi connectivity index (χ0) is 13.6. The fraction of sp³-hybridized carbons (Fsp3) is 0.214. The molecule has 3 aromatic rings. The van der Waals surface area contributed by atoms with Gasteiger partial charge in [0.25, 0.3) is 5.89 Å². The molecule has 6 nitrogen and oxygen atoms in total. The summed E-state index contributed by atoms with van der Waals surface area (Å²) in [6.07, 6.45) is 2.09. The first-order chi connectivity index (χ1) is 9.78. The Morgan fingerprint density at radius 3 is 2.65 bits per heavy atom. The molecular formula is C14H13N5O. The van der Waals surface area contributed by atoms with Crippen LogP contribution in [0.25, 0.3) is 11.6 Å². The van der Waals surface area contributed by atoms with Gasteiger partial charge in [-0.25, -0.2) is 0 Å². The molecule has 2 heterocycles. The predicted molar refractivity (Wildman–Crippen MR) is 72.7 cm³/mol. The summed E-state index contributed by atoms with van der Waals surface area (Å²) in [5.74, 6) is 1.56. The highest BCUT2D eigenvalue weighted by Crippen LogP contribution is 2.52. The van der Waals surface area contributed by atoms with Crippen LogP contribution in [-0.2, 0) is 5.41 Å². The fourth-order valence-electron chi connectivity index (χ4n) is 2.50. The second-order valence-electron chi connectivity index (χ2n) is 5.08. The van der Waals surface area contributed by atoms with Crippen LogP contribution in [0.4, 0.5) is 5.82 Å². The zero-order valence-corrected chi connectivity index (χ0v) is 10.7. The summed E-state index contributed by atoms with van der Waals surface area (Å²) >= 11 is 0. The molecule has 100 valence electrons. The number of rotatable bonds is 3. The van der Waals surface area contributed by atoms with E-state index in [4.69, 9.17) is 10.3 Å². The van der Waals surface area contributed by atoms with Gasteiger partial charge in [0.2, 0.25) is 0 Å². The molecule has 3 N–H and O–H groups in total. The maximum Gasteiger partial charge on any atom is 0.276 e. The van der Waals surface area contributed by atoms with Crippen LogP contribution in [0.5, 0.6) is 0 Å². The molecular weight excluding hydrogens is 254 g/mol. The van der Waals surface area contributed by atoms with E-state index in [0.29, 0.717) is 17.4 Å². The smallest absolute Gasteiger partial charge is 0.276 e. The molecule has 0 radical (unpaired) electrons. The largest absolute Gasteiger partial charge is 0.382 e. The average molecular weight is 267 g/mol. The first-order valence-electron chi connectivity index (χ1n) is 6.49. The molecule has 0 amide bonds. The van der Waals surface area contributed by atoms with E-state index in [1.165, 1.54) is 5.56 Å². The van der Waals surface area contributed by atoms with Crippen molar-refractivity contribution in [1.82, 2.24) is 20.3 Å². The van der Waals surface area contributed by atoms with Crippen molar-refractivity contribution in [3.05, 3.63) is 47.8 Å². The van der Waals surface area contributed by atoms with Crippen LogP contribution < -0.4 is 5.73 Å². The van der Waals surface area contributed by atoms with Crippen LogP contribution in [-0.4, -0.2) is 20.3 Å². The summed E-state index contributed by atoms with van der Waals surface area (Å²) in [6, 6.07) is 12.0. The van der Waals surface area contributed by atoms with Crippen LogP contribution in [0.2, 0.25) is 0 Å². The van der Waals surface area contributed by atoms with Crippen molar-refractivity contribution in [3.63, 3.8) is 0 Å². The second-order valence-corrected chi connectivity index (χ2v) is 5.08. The standard InChI is InChI=1S/C14H13N5O/c15-11-8-10(17-18-11)12-16-13(19-20-12)14(6-7-14)9-4-2-1-3-5-9/h1-5,8H,6-7H2,(H3,15,17,18). The van der Waals surface area contributed by atoms with E-state index >= 15 is 0 Å². The maximum atomic E-state index is 5.58. The first-order valence-corrected chi connectivity index (χ1v) is 6.49. The molecule has 1 fully saturated rings. The Balaban J connectivity index is 1.72. The van der Waals surface area contributed by atoms with Crippen molar-refractivity contribution in [3.8, 4) is 11.6 Å². The Kier molecular flexibility index (Phi) is 2.20. The maximum absolute atomic E-state index is 5.58. The summed E-state index contributed by atoms with van der Waals surface area (Å²) in [6.45, 7) is 0. The number of benzene rings is 1. The summed E-state index contributed by atoms with van der Waals surface area (Å²) in [5, 5.41) is 10.8. The number of anilines is 1. The van der Waals surface area contributed by atoms with Crippen LogP contribution >= 0.6 is 0 Å². The Hall–Kier alpha value is -2.63. The van der Waals surface area contributed by atoms with Gasteiger partial charge in [0.1, 0.15) is 11.5 Å². The van der Waals surface area contributed by atoms with Crippen LogP contribution in [0, 0.1) is 0 Å². The topological polar surface area (TPSA) is 93.6 Å². The van der Waals surface area contributed by atoms with E-state index in [0.717, 1.165) is 18.7 Å². The number of nitrogens with one attached hydrogen (secondary N) is 1. The van der Waals surface area contributed by atoms with E-state index in [1.807, 2.05) is 18.2 Å². The molecule has 0 aliphatic heterocycles. The van der Waals surface area contributed by atoms with Gasteiger partial charge in [0, 0.05) is 6.07 Å². The molecule has 0 saturated heterocycles. The lowest BCUT2D eigenvalue weighted by molar-refractivity contribution is 0.416. The number of hydrogen-bond donors (Lipinski definition) is 2. The van der Waals surface area contributed by atoms with Crippen molar-refractivity contribution in [1.29, 1.82) is 0 Å². The molecule has 20 heavy (non-hydrogen) atoms. The lowest BCUT2D eigenvalue weighted by atomic mass is 9.95. The number of hydrogen-bond acceptors (Lipinski definition) is 5. The third-order valence-corrected chi connectivity index (χ3v) is 3.76. The zero-order valence-electron chi connectivity index (χ0n) is 10.7. The molecule has 2 aromatic heterocycles. The lowest BCUT2D eigenvalue weighted by Crippen LogP contribution is -2.10. The van der Waals surface area contributed by atoms with Crippen molar-refractivity contribution in [2.75, 3.05) is 5.73 Å². The quantitative estimate of drug-likeness (QED) is 0.758. The van der Waals surface area contributed by atoms with Gasteiger partial charge in [-0.15, -0.1) is 0 Å². The van der Waals surface area contributed by atoms with Gasteiger partial charge in [0.15, 0.2) is 5.82 Å². The highest BCUT2D eigenvalue weighted by Gasteiger charge is 2.49. The van der Waals surface area contributed by atoms with Gasteiger partial charge in [-0.3, -0.25) is 5.10 Å². The van der Waals surface area contributed by atoms with Crippen molar-refractivity contribution >= 4 is 5.82 Å².